The van der Waals surface area contributed by atoms with Gasteiger partial charge in [0.15, 0.2) is 0 Å². The number of benzene rings is 2. The summed E-state index contributed by atoms with van der Waals surface area (Å²) in [6, 6.07) is 24.9. The van der Waals surface area contributed by atoms with Crippen molar-refractivity contribution in [1.29, 1.82) is 0 Å². The van der Waals surface area contributed by atoms with Crippen molar-refractivity contribution in [2.45, 2.75) is 12.6 Å². The van der Waals surface area contributed by atoms with Gasteiger partial charge in [-0.15, -0.1) is 0 Å². The van der Waals surface area contributed by atoms with Crippen LogP contribution in [0.4, 0.5) is 0 Å². The van der Waals surface area contributed by atoms with Crippen LogP contribution >= 0.6 is 0 Å². The van der Waals surface area contributed by atoms with Crippen molar-refractivity contribution in [2.24, 2.45) is 0 Å². The number of pyridine rings is 1. The second-order valence-electron chi connectivity index (χ2n) is 6.76. The van der Waals surface area contributed by atoms with Gasteiger partial charge in [0.25, 0.3) is 0 Å². The molecule has 1 aliphatic heterocycles. The van der Waals surface area contributed by atoms with Gasteiger partial charge in [-0.2, -0.15) is 0 Å². The molecule has 4 nitrogen and oxygen atoms in total. The number of aromatic nitrogens is 1. The molecule has 0 saturated carbocycles. The van der Waals surface area contributed by atoms with Gasteiger partial charge in [-0.25, -0.2) is 0 Å². The number of nitrogens with one attached hydrogen (secondary N) is 1. The number of hydrogen-bond donors (Lipinski definition) is 1. The summed E-state index contributed by atoms with van der Waals surface area (Å²) in [5.74, 6) is 0.926. The normalized spacial score (nSPS) is 16.0. The van der Waals surface area contributed by atoms with E-state index < -0.39 is 0 Å². The van der Waals surface area contributed by atoms with E-state index in [0.717, 1.165) is 37.6 Å². The molecule has 0 amide bonds. The van der Waals surface area contributed by atoms with Crippen LogP contribution in [0, 0.1) is 0 Å². The van der Waals surface area contributed by atoms with Crippen LogP contribution in [0.3, 0.4) is 0 Å². The number of ether oxygens (including phenoxy) is 1. The molecule has 3 aromatic rings. The van der Waals surface area contributed by atoms with Crippen LogP contribution in [0.1, 0.15) is 22.9 Å². The van der Waals surface area contributed by atoms with Gasteiger partial charge >= 0.3 is 0 Å². The smallest absolute Gasteiger partial charge is 0.124 e. The third-order valence-electron chi connectivity index (χ3n) is 4.94. The molecule has 1 saturated heterocycles. The van der Waals surface area contributed by atoms with Gasteiger partial charge in [0.2, 0.25) is 0 Å². The highest BCUT2D eigenvalue weighted by Crippen LogP contribution is 2.34. The van der Waals surface area contributed by atoms with Crippen molar-refractivity contribution < 1.29 is 4.74 Å². The fraction of sp³-hybridized carbons (Fsp3) is 0.261. The Labute approximate surface area is 160 Å². The summed E-state index contributed by atoms with van der Waals surface area (Å²) in [4.78, 5) is 7.16. The molecule has 0 radical (unpaired) electrons. The first-order valence-electron chi connectivity index (χ1n) is 9.53. The van der Waals surface area contributed by atoms with Crippen LogP contribution in [-0.2, 0) is 6.61 Å². The topological polar surface area (TPSA) is 37.4 Å². The molecule has 0 bridgehead atoms. The molecule has 138 valence electrons. The lowest BCUT2D eigenvalue weighted by molar-refractivity contribution is 0.190. The van der Waals surface area contributed by atoms with Crippen LogP contribution < -0.4 is 10.1 Å². The third kappa shape index (κ3) is 4.35. The Morgan fingerprint density at radius 1 is 0.889 bits per heavy atom. The summed E-state index contributed by atoms with van der Waals surface area (Å²) in [5.41, 5.74) is 3.41. The maximum absolute atomic E-state index is 6.25. The monoisotopic (exact) mass is 359 g/mol. The second-order valence-corrected chi connectivity index (χ2v) is 6.76. The molecule has 4 heteroatoms. The molecule has 0 spiro atoms. The van der Waals surface area contributed by atoms with Gasteiger partial charge in [0, 0.05) is 37.9 Å². The maximum atomic E-state index is 6.25. The highest BCUT2D eigenvalue weighted by molar-refractivity contribution is 5.40. The first-order chi connectivity index (χ1) is 13.4. The van der Waals surface area contributed by atoms with E-state index in [0.29, 0.717) is 6.61 Å². The number of para-hydroxylation sites is 1. The molecule has 1 aliphatic rings. The first kappa shape index (κ1) is 17.7. The molecule has 1 fully saturated rings. The van der Waals surface area contributed by atoms with Crippen molar-refractivity contribution in [3.05, 3.63) is 95.8 Å². The van der Waals surface area contributed by atoms with E-state index in [4.69, 9.17) is 4.74 Å². The van der Waals surface area contributed by atoms with Crippen LogP contribution in [0.25, 0.3) is 0 Å². The average molecular weight is 359 g/mol. The van der Waals surface area contributed by atoms with Gasteiger partial charge in [-0.1, -0.05) is 54.6 Å². The summed E-state index contributed by atoms with van der Waals surface area (Å²) in [6.07, 6.45) is 1.87. The summed E-state index contributed by atoms with van der Waals surface area (Å²) in [5, 5.41) is 3.44. The molecule has 1 unspecified atom stereocenters. The zero-order valence-electron chi connectivity index (χ0n) is 15.4. The van der Waals surface area contributed by atoms with E-state index in [1.54, 1.807) is 0 Å². The largest absolute Gasteiger partial charge is 0.489 e. The fourth-order valence-electron chi connectivity index (χ4n) is 3.59. The third-order valence-corrected chi connectivity index (χ3v) is 4.94. The van der Waals surface area contributed by atoms with E-state index in [9.17, 15) is 0 Å². The summed E-state index contributed by atoms with van der Waals surface area (Å²) in [7, 11) is 0. The van der Waals surface area contributed by atoms with Gasteiger partial charge in [-0.3, -0.25) is 9.88 Å². The molecule has 27 heavy (non-hydrogen) atoms. The Morgan fingerprint density at radius 2 is 1.63 bits per heavy atom. The Hall–Kier alpha value is -2.69. The predicted molar refractivity (Wildman–Crippen MR) is 108 cm³/mol. The van der Waals surface area contributed by atoms with E-state index in [2.05, 4.69) is 57.7 Å². The van der Waals surface area contributed by atoms with E-state index in [1.807, 2.05) is 36.5 Å². The highest BCUT2D eigenvalue weighted by Gasteiger charge is 2.27. The number of piperazine rings is 1. The van der Waals surface area contributed by atoms with Gasteiger partial charge < -0.3 is 10.1 Å². The maximum Gasteiger partial charge on any atom is 0.124 e. The minimum atomic E-state index is 0.0975. The molecular formula is C23H25N3O. The van der Waals surface area contributed by atoms with Gasteiger partial charge in [0.05, 0.1) is 11.7 Å². The van der Waals surface area contributed by atoms with Crippen LogP contribution in [-0.4, -0.2) is 36.1 Å². The summed E-state index contributed by atoms with van der Waals surface area (Å²) >= 11 is 0. The predicted octanol–water partition coefficient (Wildman–Crippen LogP) is 3.66. The van der Waals surface area contributed by atoms with Crippen molar-refractivity contribution in [3.8, 4) is 5.75 Å². The minimum absolute atomic E-state index is 0.0975. The summed E-state index contributed by atoms with van der Waals surface area (Å²) in [6.45, 7) is 4.55. The molecule has 0 aliphatic carbocycles. The SMILES string of the molecule is c1ccc(COc2ccccc2C(c2ccccn2)N2CCNCC2)cc1. The molecule has 2 aromatic carbocycles. The lowest BCUT2D eigenvalue weighted by Crippen LogP contribution is -2.45. The Bertz CT molecular complexity index is 833. The molecule has 4 rings (SSSR count). The molecule has 2 heterocycles. The fourth-order valence-corrected chi connectivity index (χ4v) is 3.59. The zero-order chi connectivity index (χ0) is 18.3. The van der Waals surface area contributed by atoms with Crippen LogP contribution in [0.2, 0.25) is 0 Å². The number of rotatable bonds is 6. The Kier molecular flexibility index (Phi) is 5.77. The number of nitrogens with zero attached hydrogens (tertiary/aromatic N) is 2. The second kappa shape index (κ2) is 8.80. The van der Waals surface area contributed by atoms with Crippen molar-refractivity contribution in [2.75, 3.05) is 26.2 Å². The quantitative estimate of drug-likeness (QED) is 0.729. The van der Waals surface area contributed by atoms with E-state index in [1.165, 1.54) is 11.1 Å². The summed E-state index contributed by atoms with van der Waals surface area (Å²) < 4.78 is 6.25. The minimum Gasteiger partial charge on any atom is -0.489 e. The lowest BCUT2D eigenvalue weighted by atomic mass is 9.99. The number of hydrogen-bond acceptors (Lipinski definition) is 4. The first-order valence-corrected chi connectivity index (χ1v) is 9.53. The van der Waals surface area contributed by atoms with E-state index in [-0.39, 0.29) is 6.04 Å². The molecule has 1 atom stereocenters. The van der Waals surface area contributed by atoms with Gasteiger partial charge in [0.1, 0.15) is 12.4 Å². The molecule has 1 N–H and O–H groups in total. The zero-order valence-corrected chi connectivity index (χ0v) is 15.4. The highest BCUT2D eigenvalue weighted by atomic mass is 16.5. The van der Waals surface area contributed by atoms with Crippen molar-refractivity contribution in [3.63, 3.8) is 0 Å². The average Bonchev–Trinajstić information content (AvgIpc) is 2.76. The van der Waals surface area contributed by atoms with Crippen molar-refractivity contribution in [1.82, 2.24) is 15.2 Å². The molecule has 1 aromatic heterocycles. The van der Waals surface area contributed by atoms with Crippen LogP contribution in [0.15, 0.2) is 79.0 Å². The Balaban J connectivity index is 1.65. The standard InChI is InChI=1S/C23H25N3O/c1-2-8-19(9-3-1)18-27-22-12-5-4-10-20(22)23(21-11-6-7-13-25-21)26-16-14-24-15-17-26/h1-13,23-24H,14-18H2. The molecular weight excluding hydrogens is 334 g/mol. The van der Waals surface area contributed by atoms with E-state index >= 15 is 0 Å². The Morgan fingerprint density at radius 3 is 2.41 bits per heavy atom. The van der Waals surface area contributed by atoms with Crippen LogP contribution in [0.5, 0.6) is 5.75 Å². The van der Waals surface area contributed by atoms with Gasteiger partial charge in [-0.05, 0) is 23.8 Å². The lowest BCUT2D eigenvalue weighted by Gasteiger charge is -2.35. The van der Waals surface area contributed by atoms with Crippen molar-refractivity contribution >= 4 is 0 Å².